The number of anilines is 1. The Morgan fingerprint density at radius 2 is 1.59 bits per heavy atom. The van der Waals surface area contributed by atoms with Crippen molar-refractivity contribution in [2.45, 2.75) is 128 Å². The van der Waals surface area contributed by atoms with Crippen molar-refractivity contribution < 1.29 is 4.74 Å². The quantitative estimate of drug-likeness (QED) is 0.154. The molecule has 1 aliphatic rings. The van der Waals surface area contributed by atoms with Gasteiger partial charge >= 0.3 is 6.01 Å². The fourth-order valence-corrected chi connectivity index (χ4v) is 5.33. The zero-order valence-electron chi connectivity index (χ0n) is 27.9. The van der Waals surface area contributed by atoms with Crippen molar-refractivity contribution in [2.24, 2.45) is 5.41 Å². The number of aryl methyl sites for hydroxylation is 1. The van der Waals surface area contributed by atoms with Gasteiger partial charge in [-0.05, 0) is 95.9 Å². The lowest BCUT2D eigenvalue weighted by Crippen LogP contribution is -2.17. The monoisotopic (exact) mass is 560 g/mol. The number of allylic oxidation sites excluding steroid dienone is 6. The van der Waals surface area contributed by atoms with E-state index in [9.17, 15) is 5.41 Å². The van der Waals surface area contributed by atoms with Gasteiger partial charge < -0.3 is 10.5 Å². The van der Waals surface area contributed by atoms with Crippen molar-refractivity contribution in [1.82, 2.24) is 9.97 Å². The van der Waals surface area contributed by atoms with Crippen LogP contribution in [0.25, 0.3) is 10.9 Å². The van der Waals surface area contributed by atoms with Crippen molar-refractivity contribution >= 4 is 22.3 Å². The number of aromatic nitrogens is 2. The van der Waals surface area contributed by atoms with Gasteiger partial charge in [-0.3, -0.25) is 5.41 Å². The molecule has 5 heteroatoms. The van der Waals surface area contributed by atoms with Crippen LogP contribution in [0.2, 0.25) is 0 Å². The number of ether oxygens (including phenoxy) is 1. The highest BCUT2D eigenvalue weighted by molar-refractivity contribution is 6.20. The first-order valence-electron chi connectivity index (χ1n) is 15.8. The van der Waals surface area contributed by atoms with E-state index in [-0.39, 0.29) is 5.41 Å². The molecule has 0 saturated heterocycles. The van der Waals surface area contributed by atoms with Gasteiger partial charge in [0.2, 0.25) is 0 Å². The third-order valence-electron chi connectivity index (χ3n) is 8.94. The Balaban J connectivity index is 0.00000108. The highest BCUT2D eigenvalue weighted by Gasteiger charge is 2.41. The molecule has 0 amide bonds. The minimum Gasteiger partial charge on any atom is -0.463 e. The molecule has 1 saturated carbocycles. The van der Waals surface area contributed by atoms with Gasteiger partial charge in [0.15, 0.2) is 0 Å². The first-order chi connectivity index (χ1) is 19.5. The molecule has 1 aromatic carbocycles. The third-order valence-corrected chi connectivity index (χ3v) is 8.94. The fourth-order valence-electron chi connectivity index (χ4n) is 5.33. The number of rotatable bonds is 12. The Labute approximate surface area is 250 Å². The second-order valence-corrected chi connectivity index (χ2v) is 11.8. The molecule has 3 N–H and O–H groups in total. The molecule has 1 aliphatic carbocycles. The maximum atomic E-state index is 9.52. The summed E-state index contributed by atoms with van der Waals surface area (Å²) in [6.07, 6.45) is 13.1. The summed E-state index contributed by atoms with van der Waals surface area (Å²) in [4.78, 5) is 9.36. The Morgan fingerprint density at radius 1 is 0.976 bits per heavy atom. The molecule has 1 fully saturated rings. The van der Waals surface area contributed by atoms with E-state index in [0.717, 1.165) is 63.6 Å². The van der Waals surface area contributed by atoms with E-state index in [0.29, 0.717) is 29.5 Å². The molecular weight excluding hydrogens is 504 g/mol. The van der Waals surface area contributed by atoms with Gasteiger partial charge in [0, 0.05) is 28.1 Å². The van der Waals surface area contributed by atoms with Gasteiger partial charge in [-0.25, -0.2) is 4.98 Å². The van der Waals surface area contributed by atoms with Crippen LogP contribution in [0.4, 0.5) is 5.69 Å². The van der Waals surface area contributed by atoms with Crippen LogP contribution in [-0.2, 0) is 12.8 Å². The predicted molar refractivity (Wildman–Crippen MR) is 178 cm³/mol. The van der Waals surface area contributed by atoms with E-state index < -0.39 is 0 Å². The Kier molecular flexibility index (Phi) is 12.8. The number of nitrogens with two attached hydrogens (primary N) is 1. The minimum absolute atomic E-state index is 0.279. The minimum atomic E-state index is 0.279. The van der Waals surface area contributed by atoms with Gasteiger partial charge in [0.25, 0.3) is 0 Å². The van der Waals surface area contributed by atoms with Crippen LogP contribution in [0.5, 0.6) is 6.01 Å². The van der Waals surface area contributed by atoms with Crippen LogP contribution >= 0.6 is 0 Å². The van der Waals surface area contributed by atoms with Crippen molar-refractivity contribution in [3.05, 3.63) is 56.8 Å². The summed E-state index contributed by atoms with van der Waals surface area (Å²) in [7, 11) is 0. The lowest BCUT2D eigenvalue weighted by atomic mass is 9.83. The second-order valence-electron chi connectivity index (χ2n) is 11.8. The number of fused-ring (bicyclic) bond motifs is 1. The molecule has 2 aromatic rings. The smallest absolute Gasteiger partial charge is 0.317 e. The summed E-state index contributed by atoms with van der Waals surface area (Å²) >= 11 is 0. The first kappa shape index (κ1) is 34.3. The van der Waals surface area contributed by atoms with E-state index in [1.54, 1.807) is 0 Å². The predicted octanol–water partition coefficient (Wildman–Crippen LogP) is 10.1. The standard InChI is InChI=1S/C31H44N4O.C5H12/c1-10-19(7)21(9)25(20(8)18(5)6)27(32)26-23(12-3)22(11-2)24-16-34-30(35-29(24)28(26)33)36-17-31(13-4)14-15-31;1-3-5-4-2/h10,16,32H,11-15,17,33H2,1-9H3;3-5H2,1-2H3/b19-10-,25-21-,32-27?;. The van der Waals surface area contributed by atoms with Gasteiger partial charge in [0.1, 0.15) is 5.52 Å². The maximum absolute atomic E-state index is 9.52. The molecule has 0 bridgehead atoms. The Hall–Kier alpha value is -2.95. The molecule has 0 spiro atoms. The zero-order chi connectivity index (χ0) is 30.9. The van der Waals surface area contributed by atoms with Crippen molar-refractivity contribution in [2.75, 3.05) is 12.3 Å². The molecule has 0 radical (unpaired) electrons. The molecule has 0 aliphatic heterocycles. The number of benzene rings is 1. The number of hydrogen-bond acceptors (Lipinski definition) is 5. The molecule has 3 rings (SSSR count). The van der Waals surface area contributed by atoms with Crippen LogP contribution in [0.15, 0.2) is 40.1 Å². The SMILES string of the molecule is C/C=C(C)\C(C)=C(/C(=N)c1c(CC)c(CC)c2cnc(OCC3(CC)CC3)nc2c1N)C(C)=C(C)C.CCCCC. The van der Waals surface area contributed by atoms with E-state index in [1.807, 2.05) is 13.1 Å². The van der Waals surface area contributed by atoms with Gasteiger partial charge in [-0.15, -0.1) is 0 Å². The van der Waals surface area contributed by atoms with Crippen LogP contribution in [0.3, 0.4) is 0 Å². The lowest BCUT2D eigenvalue weighted by Gasteiger charge is -2.23. The average molecular weight is 561 g/mol. The van der Waals surface area contributed by atoms with Crippen LogP contribution in [-0.4, -0.2) is 22.3 Å². The summed E-state index contributed by atoms with van der Waals surface area (Å²) < 4.78 is 6.06. The molecule has 226 valence electrons. The fraction of sp³-hybridized carbons (Fsp3) is 0.583. The van der Waals surface area contributed by atoms with Crippen molar-refractivity contribution in [3.8, 4) is 6.01 Å². The molecule has 41 heavy (non-hydrogen) atoms. The summed E-state index contributed by atoms with van der Waals surface area (Å²) in [6, 6.07) is 0.370. The van der Waals surface area contributed by atoms with E-state index in [1.165, 1.54) is 37.7 Å². The molecule has 1 heterocycles. The van der Waals surface area contributed by atoms with E-state index in [4.69, 9.17) is 15.5 Å². The number of hydrogen-bond donors (Lipinski definition) is 2. The summed E-state index contributed by atoms with van der Waals surface area (Å²) in [5, 5.41) is 10.5. The molecule has 0 atom stereocenters. The van der Waals surface area contributed by atoms with E-state index in [2.05, 4.69) is 80.3 Å². The van der Waals surface area contributed by atoms with Gasteiger partial charge in [-0.1, -0.05) is 71.1 Å². The number of nitrogens with zero attached hydrogens (tertiary/aromatic N) is 2. The Morgan fingerprint density at radius 3 is 2.02 bits per heavy atom. The molecule has 5 nitrogen and oxygen atoms in total. The number of nitrogens with one attached hydrogen (secondary N) is 1. The summed E-state index contributed by atoms with van der Waals surface area (Å²) in [5.41, 5.74) is 17.4. The second kappa shape index (κ2) is 15.3. The largest absolute Gasteiger partial charge is 0.463 e. The number of unbranched alkanes of at least 4 members (excludes halogenated alkanes) is 2. The van der Waals surface area contributed by atoms with Crippen LogP contribution < -0.4 is 10.5 Å². The van der Waals surface area contributed by atoms with Crippen LogP contribution in [0.1, 0.15) is 131 Å². The lowest BCUT2D eigenvalue weighted by molar-refractivity contribution is 0.214. The van der Waals surface area contributed by atoms with Crippen molar-refractivity contribution in [1.29, 1.82) is 5.41 Å². The number of nitrogen functional groups attached to an aromatic ring is 1. The normalized spacial score (nSPS) is 14.7. The maximum Gasteiger partial charge on any atom is 0.317 e. The molecular formula is C36H56N4O. The summed E-state index contributed by atoms with van der Waals surface area (Å²) in [6.45, 7) is 24.1. The third kappa shape index (κ3) is 7.87. The topological polar surface area (TPSA) is 84.9 Å². The van der Waals surface area contributed by atoms with Gasteiger partial charge in [0.05, 0.1) is 18.0 Å². The summed E-state index contributed by atoms with van der Waals surface area (Å²) in [5.74, 6) is 0. The zero-order valence-corrected chi connectivity index (χ0v) is 27.9. The average Bonchev–Trinajstić information content (AvgIpc) is 3.76. The van der Waals surface area contributed by atoms with Crippen molar-refractivity contribution in [3.63, 3.8) is 0 Å². The van der Waals surface area contributed by atoms with Gasteiger partial charge in [-0.2, -0.15) is 4.98 Å². The Bertz CT molecular complexity index is 1320. The first-order valence-corrected chi connectivity index (χ1v) is 15.8. The van der Waals surface area contributed by atoms with Crippen LogP contribution in [0, 0.1) is 10.8 Å². The highest BCUT2D eigenvalue weighted by atomic mass is 16.5. The highest BCUT2D eigenvalue weighted by Crippen LogP contribution is 2.48. The molecule has 0 unspecified atom stereocenters. The van der Waals surface area contributed by atoms with E-state index >= 15 is 0 Å². The molecule has 1 aromatic heterocycles.